The number of aromatic amines is 1. The topological polar surface area (TPSA) is 126 Å². The summed E-state index contributed by atoms with van der Waals surface area (Å²) in [5.41, 5.74) is -2.29. The second-order valence-electron chi connectivity index (χ2n) is 9.04. The van der Waals surface area contributed by atoms with E-state index >= 15 is 0 Å². The zero-order chi connectivity index (χ0) is 25.1. The van der Waals surface area contributed by atoms with Crippen LogP contribution >= 0.6 is 7.82 Å². The second kappa shape index (κ2) is 9.63. The first-order chi connectivity index (χ1) is 15.8. The number of esters is 1. The highest BCUT2D eigenvalue weighted by molar-refractivity contribution is 7.49. The van der Waals surface area contributed by atoms with Gasteiger partial charge in [0.05, 0.1) is 6.61 Å². The highest BCUT2D eigenvalue weighted by Gasteiger charge is 2.44. The predicted molar refractivity (Wildman–Crippen MR) is 123 cm³/mol. The number of hydrogen-bond donors (Lipinski definition) is 1. The number of nitrogens with zero attached hydrogens (tertiary/aromatic N) is 1. The zero-order valence-electron chi connectivity index (χ0n) is 19.7. The van der Waals surface area contributed by atoms with Gasteiger partial charge in [0.1, 0.15) is 29.1 Å². The molecule has 0 radical (unpaired) electrons. The molecule has 182 valence electrons. The van der Waals surface area contributed by atoms with Crippen LogP contribution in [0.25, 0.3) is 0 Å². The van der Waals surface area contributed by atoms with Crippen LogP contribution in [-0.4, -0.2) is 27.7 Å². The lowest BCUT2D eigenvalue weighted by molar-refractivity contribution is -0.155. The van der Waals surface area contributed by atoms with Gasteiger partial charge in [0.2, 0.25) is 0 Å². The standard InChI is InChI=1S/C23H27N2O8P/c1-22(2,3)31-19(26)15-25-14-16(20(27)24-21(25)28)10-8-9-13-30-34(29)32-18-12-7-6-11-17(18)23(4,5)33-34/h6-7,11-12,14H,9,13,15H2,1-5H3,(H,24,27,28). The summed E-state index contributed by atoms with van der Waals surface area (Å²) in [6.07, 6.45) is 1.29. The monoisotopic (exact) mass is 490 g/mol. The van der Waals surface area contributed by atoms with Crippen molar-refractivity contribution in [3.8, 4) is 17.6 Å². The third kappa shape index (κ3) is 6.48. The number of phosphoric ester groups is 1. The van der Waals surface area contributed by atoms with Crippen molar-refractivity contribution in [2.45, 2.75) is 58.8 Å². The minimum absolute atomic E-state index is 0.0185. The minimum Gasteiger partial charge on any atom is -0.459 e. The molecule has 1 N–H and O–H groups in total. The Morgan fingerprint density at radius 3 is 2.65 bits per heavy atom. The maximum atomic E-state index is 12.9. The lowest BCUT2D eigenvalue weighted by atomic mass is 9.98. The van der Waals surface area contributed by atoms with Gasteiger partial charge >= 0.3 is 19.5 Å². The Morgan fingerprint density at radius 2 is 1.94 bits per heavy atom. The van der Waals surface area contributed by atoms with Crippen LogP contribution in [0.4, 0.5) is 0 Å². The average molecular weight is 490 g/mol. The Morgan fingerprint density at radius 1 is 1.24 bits per heavy atom. The summed E-state index contributed by atoms with van der Waals surface area (Å²) in [4.78, 5) is 38.2. The number of H-pyrrole nitrogens is 1. The second-order valence-corrected chi connectivity index (χ2v) is 10.6. The normalized spacial score (nSPS) is 18.7. The van der Waals surface area contributed by atoms with Crippen molar-refractivity contribution >= 4 is 13.8 Å². The van der Waals surface area contributed by atoms with E-state index < -0.39 is 36.2 Å². The van der Waals surface area contributed by atoms with E-state index in [0.29, 0.717) is 5.75 Å². The molecule has 10 nitrogen and oxygen atoms in total. The Labute approximate surface area is 196 Å². The lowest BCUT2D eigenvalue weighted by Crippen LogP contribution is -2.35. The Bertz CT molecular complexity index is 1310. The number of hydrogen-bond acceptors (Lipinski definition) is 8. The molecule has 1 aliphatic heterocycles. The number of benzene rings is 1. The van der Waals surface area contributed by atoms with Gasteiger partial charge in [-0.1, -0.05) is 30.0 Å². The molecule has 0 aliphatic carbocycles. The smallest absolute Gasteiger partial charge is 0.459 e. The van der Waals surface area contributed by atoms with E-state index in [1.165, 1.54) is 6.20 Å². The molecule has 1 atom stereocenters. The van der Waals surface area contributed by atoms with Gasteiger partial charge in [0.15, 0.2) is 0 Å². The number of aromatic nitrogens is 2. The van der Waals surface area contributed by atoms with E-state index in [2.05, 4.69) is 16.8 Å². The molecule has 11 heteroatoms. The first kappa shape index (κ1) is 25.5. The fourth-order valence-electron chi connectivity index (χ4n) is 3.16. The van der Waals surface area contributed by atoms with Crippen LogP contribution in [0, 0.1) is 11.8 Å². The van der Waals surface area contributed by atoms with Gasteiger partial charge in [-0.25, -0.2) is 9.36 Å². The molecule has 0 bridgehead atoms. The number of nitrogens with one attached hydrogen (secondary N) is 1. The summed E-state index contributed by atoms with van der Waals surface area (Å²) in [7, 11) is -3.87. The molecule has 0 amide bonds. The van der Waals surface area contributed by atoms with Crippen LogP contribution in [0.2, 0.25) is 0 Å². The highest BCUT2D eigenvalue weighted by Crippen LogP contribution is 2.60. The molecule has 0 fully saturated rings. The highest BCUT2D eigenvalue weighted by atomic mass is 31.2. The molecule has 1 aromatic carbocycles. The van der Waals surface area contributed by atoms with Crippen LogP contribution in [-0.2, 0) is 35.3 Å². The number of rotatable bonds is 5. The molecule has 3 rings (SSSR count). The van der Waals surface area contributed by atoms with Crippen molar-refractivity contribution in [1.82, 2.24) is 9.55 Å². The number of carbonyl (C=O) groups excluding carboxylic acids is 1. The van der Waals surface area contributed by atoms with Crippen molar-refractivity contribution in [2.75, 3.05) is 6.61 Å². The van der Waals surface area contributed by atoms with E-state index in [-0.39, 0.29) is 25.1 Å². The van der Waals surface area contributed by atoms with E-state index in [1.54, 1.807) is 46.8 Å². The quantitative estimate of drug-likeness (QED) is 0.293. The molecule has 0 saturated heterocycles. The van der Waals surface area contributed by atoms with Gasteiger partial charge in [-0.3, -0.25) is 28.2 Å². The van der Waals surface area contributed by atoms with Crippen molar-refractivity contribution in [3.63, 3.8) is 0 Å². The van der Waals surface area contributed by atoms with Crippen LogP contribution in [0.5, 0.6) is 5.75 Å². The Kier molecular flexibility index (Phi) is 7.22. The summed E-state index contributed by atoms with van der Waals surface area (Å²) >= 11 is 0. The number of phosphoric acid groups is 1. The van der Waals surface area contributed by atoms with Gasteiger partial charge in [-0.15, -0.1) is 0 Å². The van der Waals surface area contributed by atoms with E-state index in [4.69, 9.17) is 18.3 Å². The van der Waals surface area contributed by atoms with Crippen molar-refractivity contribution in [3.05, 3.63) is 62.4 Å². The molecule has 1 unspecified atom stereocenters. The molecule has 34 heavy (non-hydrogen) atoms. The molecule has 2 aromatic rings. The Balaban J connectivity index is 1.64. The molecule has 0 saturated carbocycles. The fourth-order valence-corrected chi connectivity index (χ4v) is 4.67. The van der Waals surface area contributed by atoms with Gasteiger partial charge in [-0.2, -0.15) is 0 Å². The Hall–Kier alpha value is -3.12. The van der Waals surface area contributed by atoms with Crippen molar-refractivity contribution < 1.29 is 27.7 Å². The largest absolute Gasteiger partial charge is 0.530 e. The predicted octanol–water partition coefficient (Wildman–Crippen LogP) is 3.09. The molecule has 1 aromatic heterocycles. The molecule has 1 aliphatic rings. The third-order valence-electron chi connectivity index (χ3n) is 4.52. The first-order valence-corrected chi connectivity index (χ1v) is 12.0. The van der Waals surface area contributed by atoms with Gasteiger partial charge in [0.25, 0.3) is 5.56 Å². The zero-order valence-corrected chi connectivity index (χ0v) is 20.6. The molecular formula is C23H27N2O8P. The lowest BCUT2D eigenvalue weighted by Gasteiger charge is -2.35. The van der Waals surface area contributed by atoms with Crippen molar-refractivity contribution in [2.24, 2.45) is 0 Å². The maximum Gasteiger partial charge on any atom is 0.530 e. The number of fused-ring (bicyclic) bond motifs is 1. The van der Waals surface area contributed by atoms with E-state index in [0.717, 1.165) is 10.1 Å². The summed E-state index contributed by atoms with van der Waals surface area (Å²) in [5, 5.41) is 0. The van der Waals surface area contributed by atoms with Crippen LogP contribution in [0.3, 0.4) is 0 Å². The van der Waals surface area contributed by atoms with Crippen molar-refractivity contribution in [1.29, 1.82) is 0 Å². The molecular weight excluding hydrogens is 463 g/mol. The van der Waals surface area contributed by atoms with E-state index in [1.807, 2.05) is 12.1 Å². The maximum absolute atomic E-state index is 12.9. The van der Waals surface area contributed by atoms with E-state index in [9.17, 15) is 18.9 Å². The fraction of sp³-hybridized carbons (Fsp3) is 0.435. The first-order valence-electron chi connectivity index (χ1n) is 10.6. The van der Waals surface area contributed by atoms with Gasteiger partial charge in [0, 0.05) is 18.2 Å². The SMILES string of the molecule is CC(C)(C)OC(=O)Cn1cc(C#CCCOP2(=O)Oc3ccccc3C(C)(C)O2)c(=O)[nH]c1=O. The number of carbonyl (C=O) groups is 1. The molecule has 2 heterocycles. The summed E-state index contributed by atoms with van der Waals surface area (Å²) in [5.74, 6) is 5.14. The summed E-state index contributed by atoms with van der Waals surface area (Å²) in [6.45, 7) is 8.19. The average Bonchev–Trinajstić information content (AvgIpc) is 2.68. The van der Waals surface area contributed by atoms with Crippen LogP contribution in [0.15, 0.2) is 40.1 Å². The van der Waals surface area contributed by atoms with Gasteiger partial charge in [-0.05, 0) is 40.7 Å². The third-order valence-corrected chi connectivity index (χ3v) is 6.11. The molecule has 0 spiro atoms. The minimum atomic E-state index is -3.87. The number of para-hydroxylation sites is 1. The summed E-state index contributed by atoms with van der Waals surface area (Å²) in [6, 6.07) is 7.10. The number of ether oxygens (including phenoxy) is 1. The summed E-state index contributed by atoms with van der Waals surface area (Å²) < 4.78 is 35.6. The van der Waals surface area contributed by atoms with Crippen LogP contribution in [0.1, 0.15) is 52.2 Å². The van der Waals surface area contributed by atoms with Crippen LogP contribution < -0.4 is 15.8 Å². The van der Waals surface area contributed by atoms with Gasteiger partial charge < -0.3 is 9.26 Å².